The lowest BCUT2D eigenvalue weighted by Gasteiger charge is -2.11. The van der Waals surface area contributed by atoms with Crippen molar-refractivity contribution >= 4 is 5.82 Å². The summed E-state index contributed by atoms with van der Waals surface area (Å²) in [6.45, 7) is 7.16. The van der Waals surface area contributed by atoms with Crippen LogP contribution in [-0.4, -0.2) is 26.3 Å². The maximum Gasteiger partial charge on any atom is 0.180 e. The van der Waals surface area contributed by atoms with Gasteiger partial charge in [0, 0.05) is 31.5 Å². The number of hydrogen-bond donors (Lipinski definition) is 1. The lowest BCUT2D eigenvalue weighted by atomic mass is 10.1. The maximum absolute atomic E-state index is 4.61. The van der Waals surface area contributed by atoms with Gasteiger partial charge in [0.25, 0.3) is 0 Å². The molecule has 0 saturated heterocycles. The summed E-state index contributed by atoms with van der Waals surface area (Å²) in [6, 6.07) is 3.93. The molecule has 5 nitrogen and oxygen atoms in total. The molecule has 2 aromatic heterocycles. The fourth-order valence-corrected chi connectivity index (χ4v) is 1.74. The standard InChI is InChI=1S/C13H19N5/c1-5-14-12-8-10(9(2)3)16-13(17-12)11-6-7-15-18(11)4/h6-9H,5H2,1-4H3,(H,14,16,17). The Bertz CT molecular complexity index is 530. The minimum atomic E-state index is 0.373. The van der Waals surface area contributed by atoms with Crippen LogP contribution < -0.4 is 5.32 Å². The number of rotatable bonds is 4. The quantitative estimate of drug-likeness (QED) is 0.898. The van der Waals surface area contributed by atoms with Crippen molar-refractivity contribution in [2.24, 2.45) is 7.05 Å². The molecule has 0 saturated carbocycles. The van der Waals surface area contributed by atoms with E-state index in [0.29, 0.717) is 5.92 Å². The molecule has 0 radical (unpaired) electrons. The highest BCUT2D eigenvalue weighted by molar-refractivity contribution is 5.53. The Morgan fingerprint density at radius 1 is 1.33 bits per heavy atom. The minimum absolute atomic E-state index is 0.373. The van der Waals surface area contributed by atoms with Gasteiger partial charge in [-0.05, 0) is 18.9 Å². The molecule has 0 bridgehead atoms. The van der Waals surface area contributed by atoms with Gasteiger partial charge >= 0.3 is 0 Å². The second-order valence-electron chi connectivity index (χ2n) is 4.53. The first-order chi connectivity index (χ1) is 8.61. The molecule has 0 aliphatic heterocycles. The van der Waals surface area contributed by atoms with E-state index in [1.165, 1.54) is 0 Å². The van der Waals surface area contributed by atoms with Crippen LogP contribution in [0.2, 0.25) is 0 Å². The van der Waals surface area contributed by atoms with Crippen LogP contribution in [0.5, 0.6) is 0 Å². The number of nitrogens with one attached hydrogen (secondary N) is 1. The van der Waals surface area contributed by atoms with E-state index in [1.807, 2.05) is 19.2 Å². The van der Waals surface area contributed by atoms with E-state index in [1.54, 1.807) is 10.9 Å². The topological polar surface area (TPSA) is 55.6 Å². The van der Waals surface area contributed by atoms with E-state index < -0.39 is 0 Å². The van der Waals surface area contributed by atoms with E-state index in [-0.39, 0.29) is 0 Å². The maximum atomic E-state index is 4.61. The Kier molecular flexibility index (Phi) is 3.60. The SMILES string of the molecule is CCNc1cc(C(C)C)nc(-c2ccnn2C)n1. The van der Waals surface area contributed by atoms with Crippen LogP contribution in [0.15, 0.2) is 18.3 Å². The third-order valence-corrected chi connectivity index (χ3v) is 2.75. The van der Waals surface area contributed by atoms with Gasteiger partial charge < -0.3 is 5.32 Å². The molecular weight excluding hydrogens is 226 g/mol. The largest absolute Gasteiger partial charge is 0.370 e. The first kappa shape index (κ1) is 12.5. The van der Waals surface area contributed by atoms with Gasteiger partial charge in [-0.1, -0.05) is 13.8 Å². The summed E-state index contributed by atoms with van der Waals surface area (Å²) in [6.07, 6.45) is 1.76. The summed E-state index contributed by atoms with van der Waals surface area (Å²) in [7, 11) is 1.90. The van der Waals surface area contributed by atoms with E-state index in [9.17, 15) is 0 Å². The van der Waals surface area contributed by atoms with Crippen LogP contribution >= 0.6 is 0 Å². The van der Waals surface area contributed by atoms with E-state index >= 15 is 0 Å². The van der Waals surface area contributed by atoms with Crippen molar-refractivity contribution in [2.45, 2.75) is 26.7 Å². The van der Waals surface area contributed by atoms with Crippen molar-refractivity contribution in [2.75, 3.05) is 11.9 Å². The third kappa shape index (κ3) is 2.50. The van der Waals surface area contributed by atoms with Crippen molar-refractivity contribution in [3.8, 4) is 11.5 Å². The molecule has 5 heteroatoms. The summed E-state index contributed by atoms with van der Waals surface area (Å²) >= 11 is 0. The van der Waals surface area contributed by atoms with Crippen molar-refractivity contribution in [3.63, 3.8) is 0 Å². The number of anilines is 1. The number of aromatic nitrogens is 4. The first-order valence-electron chi connectivity index (χ1n) is 6.23. The summed E-state index contributed by atoms with van der Waals surface area (Å²) in [5, 5.41) is 7.40. The molecule has 0 fully saturated rings. The Morgan fingerprint density at radius 3 is 2.67 bits per heavy atom. The number of hydrogen-bond acceptors (Lipinski definition) is 4. The molecule has 0 aliphatic carbocycles. The molecule has 0 unspecified atom stereocenters. The highest BCUT2D eigenvalue weighted by atomic mass is 15.3. The van der Waals surface area contributed by atoms with Crippen LogP contribution in [0.25, 0.3) is 11.5 Å². The molecule has 0 spiro atoms. The molecule has 0 amide bonds. The monoisotopic (exact) mass is 245 g/mol. The molecule has 2 rings (SSSR count). The predicted molar refractivity (Wildman–Crippen MR) is 72.5 cm³/mol. The van der Waals surface area contributed by atoms with E-state index in [4.69, 9.17) is 0 Å². The van der Waals surface area contributed by atoms with Gasteiger partial charge in [-0.15, -0.1) is 0 Å². The zero-order chi connectivity index (χ0) is 13.1. The van der Waals surface area contributed by atoms with Crippen molar-refractivity contribution < 1.29 is 0 Å². The van der Waals surface area contributed by atoms with Crippen LogP contribution in [0, 0.1) is 0 Å². The van der Waals surface area contributed by atoms with Crippen LogP contribution in [0.3, 0.4) is 0 Å². The fraction of sp³-hybridized carbons (Fsp3) is 0.462. The third-order valence-electron chi connectivity index (χ3n) is 2.75. The van der Waals surface area contributed by atoms with Gasteiger partial charge in [0.15, 0.2) is 5.82 Å². The molecular formula is C13H19N5. The molecule has 1 N–H and O–H groups in total. The number of aryl methyl sites for hydroxylation is 1. The van der Waals surface area contributed by atoms with Gasteiger partial charge in [0.05, 0.1) is 0 Å². The summed E-state index contributed by atoms with van der Waals surface area (Å²) in [5.41, 5.74) is 1.97. The molecule has 96 valence electrons. The molecule has 2 aromatic rings. The first-order valence-corrected chi connectivity index (χ1v) is 6.23. The van der Waals surface area contributed by atoms with Crippen molar-refractivity contribution in [1.82, 2.24) is 19.7 Å². The molecule has 18 heavy (non-hydrogen) atoms. The molecule has 0 aliphatic rings. The smallest absolute Gasteiger partial charge is 0.180 e. The lowest BCUT2D eigenvalue weighted by molar-refractivity contribution is 0.763. The highest BCUT2D eigenvalue weighted by Crippen LogP contribution is 2.21. The summed E-state index contributed by atoms with van der Waals surface area (Å²) in [4.78, 5) is 9.13. The van der Waals surface area contributed by atoms with E-state index in [0.717, 1.165) is 29.6 Å². The summed E-state index contributed by atoms with van der Waals surface area (Å²) in [5.74, 6) is 1.96. The Hall–Kier alpha value is -1.91. The molecule has 2 heterocycles. The number of nitrogens with zero attached hydrogens (tertiary/aromatic N) is 4. The van der Waals surface area contributed by atoms with Gasteiger partial charge in [-0.2, -0.15) is 5.10 Å². The van der Waals surface area contributed by atoms with Gasteiger partial charge in [-0.25, -0.2) is 9.97 Å². The Labute approximate surface area is 107 Å². The second kappa shape index (κ2) is 5.16. The minimum Gasteiger partial charge on any atom is -0.370 e. The second-order valence-corrected chi connectivity index (χ2v) is 4.53. The van der Waals surface area contributed by atoms with Crippen LogP contribution in [0.1, 0.15) is 32.4 Å². The highest BCUT2D eigenvalue weighted by Gasteiger charge is 2.11. The Balaban J connectivity index is 2.50. The predicted octanol–water partition coefficient (Wildman–Crippen LogP) is 2.43. The van der Waals surface area contributed by atoms with Crippen molar-refractivity contribution in [3.05, 3.63) is 24.0 Å². The van der Waals surface area contributed by atoms with Crippen molar-refractivity contribution in [1.29, 1.82) is 0 Å². The Morgan fingerprint density at radius 2 is 2.11 bits per heavy atom. The average molecular weight is 245 g/mol. The van der Waals surface area contributed by atoms with E-state index in [2.05, 4.69) is 41.2 Å². The molecule has 0 atom stereocenters. The normalized spacial score (nSPS) is 10.9. The van der Waals surface area contributed by atoms with Crippen LogP contribution in [-0.2, 0) is 7.05 Å². The van der Waals surface area contributed by atoms with Gasteiger partial charge in [0.2, 0.25) is 0 Å². The summed E-state index contributed by atoms with van der Waals surface area (Å²) < 4.78 is 1.79. The van der Waals surface area contributed by atoms with Crippen LogP contribution in [0.4, 0.5) is 5.82 Å². The van der Waals surface area contributed by atoms with Gasteiger partial charge in [-0.3, -0.25) is 4.68 Å². The zero-order valence-corrected chi connectivity index (χ0v) is 11.3. The fourth-order valence-electron chi connectivity index (χ4n) is 1.74. The lowest BCUT2D eigenvalue weighted by Crippen LogP contribution is -2.06. The average Bonchev–Trinajstić information content (AvgIpc) is 2.75. The molecule has 0 aromatic carbocycles. The zero-order valence-electron chi connectivity index (χ0n) is 11.3. The van der Waals surface area contributed by atoms with Gasteiger partial charge in [0.1, 0.15) is 11.5 Å².